The molecule has 1 amide bonds. The molecule has 0 bridgehead atoms. The summed E-state index contributed by atoms with van der Waals surface area (Å²) in [6, 6.07) is 8.49. The van der Waals surface area contributed by atoms with Gasteiger partial charge in [0, 0.05) is 6.04 Å². The minimum atomic E-state index is -3.98. The number of amides is 1. The summed E-state index contributed by atoms with van der Waals surface area (Å²) in [6.45, 7) is 1.61. The highest BCUT2D eigenvalue weighted by Gasteiger charge is 2.18. The molecule has 1 unspecified atom stereocenters. The van der Waals surface area contributed by atoms with Crippen LogP contribution in [0.4, 0.5) is 4.79 Å². The monoisotopic (exact) mass is 306 g/mol. The highest BCUT2D eigenvalue weighted by atomic mass is 35.5. The predicted molar refractivity (Wildman–Crippen MR) is 72.1 cm³/mol. The summed E-state index contributed by atoms with van der Waals surface area (Å²) in [5, 5.41) is 0. The van der Waals surface area contributed by atoms with Crippen LogP contribution in [0.1, 0.15) is 18.5 Å². The second-order valence-corrected chi connectivity index (χ2v) is 5.51. The van der Waals surface area contributed by atoms with Crippen molar-refractivity contribution >= 4 is 27.9 Å². The van der Waals surface area contributed by atoms with Gasteiger partial charge in [-0.05, 0) is 12.5 Å². The molecule has 0 fully saturated rings. The molecule has 1 aromatic rings. The lowest BCUT2D eigenvalue weighted by atomic mass is 10.1. The van der Waals surface area contributed by atoms with Crippen molar-refractivity contribution in [3.8, 4) is 0 Å². The molecule has 106 valence electrons. The fourth-order valence-electron chi connectivity index (χ4n) is 1.34. The first kappa shape index (κ1) is 15.7. The first-order chi connectivity index (χ1) is 8.94. The summed E-state index contributed by atoms with van der Waals surface area (Å²) in [6.07, 6.45) is -1.06. The minimum Gasteiger partial charge on any atom is -0.448 e. The second-order valence-electron chi connectivity index (χ2n) is 3.68. The summed E-state index contributed by atoms with van der Waals surface area (Å²) in [7, 11) is -3.98. The van der Waals surface area contributed by atoms with Gasteiger partial charge in [-0.15, -0.1) is 11.6 Å². The smallest absolute Gasteiger partial charge is 0.421 e. The van der Waals surface area contributed by atoms with E-state index in [1.807, 2.05) is 6.07 Å². The third-order valence-corrected chi connectivity index (χ3v) is 3.41. The molecule has 19 heavy (non-hydrogen) atoms. The summed E-state index contributed by atoms with van der Waals surface area (Å²) >= 11 is 5.31. The Kier molecular flexibility index (Phi) is 6.07. The Morgan fingerprint density at radius 3 is 2.58 bits per heavy atom. The Hall–Kier alpha value is -1.31. The zero-order valence-corrected chi connectivity index (χ0v) is 11.9. The van der Waals surface area contributed by atoms with Gasteiger partial charge in [-0.25, -0.2) is 9.52 Å². The van der Waals surface area contributed by atoms with Crippen LogP contribution in [0.5, 0.6) is 0 Å². The molecule has 0 radical (unpaired) electrons. The Balaban J connectivity index is 2.57. The Labute approximate surface area is 117 Å². The molecule has 1 rings (SSSR count). The highest BCUT2D eigenvalue weighted by Crippen LogP contribution is 2.11. The van der Waals surface area contributed by atoms with Crippen LogP contribution >= 0.6 is 11.6 Å². The van der Waals surface area contributed by atoms with E-state index in [-0.39, 0.29) is 12.5 Å². The average Bonchev–Trinajstić information content (AvgIpc) is 2.36. The molecule has 2 N–H and O–H groups in total. The molecule has 0 saturated carbocycles. The topological polar surface area (TPSA) is 84.5 Å². The van der Waals surface area contributed by atoms with Crippen molar-refractivity contribution in [1.29, 1.82) is 0 Å². The second kappa shape index (κ2) is 7.32. The average molecular weight is 307 g/mol. The van der Waals surface area contributed by atoms with Crippen LogP contribution in [0.2, 0.25) is 0 Å². The van der Waals surface area contributed by atoms with E-state index in [9.17, 15) is 13.2 Å². The number of rotatable bonds is 6. The van der Waals surface area contributed by atoms with Crippen molar-refractivity contribution < 1.29 is 17.9 Å². The lowest BCUT2D eigenvalue weighted by molar-refractivity contribution is 0.159. The van der Waals surface area contributed by atoms with Crippen molar-refractivity contribution in [3.05, 3.63) is 35.9 Å². The molecule has 6 nitrogen and oxygen atoms in total. The maximum atomic E-state index is 11.6. The van der Waals surface area contributed by atoms with Gasteiger partial charge in [-0.1, -0.05) is 30.3 Å². The summed E-state index contributed by atoms with van der Waals surface area (Å²) in [5.41, 5.74) is 0.780. The zero-order valence-electron chi connectivity index (χ0n) is 10.3. The Bertz CT molecular complexity index is 507. The summed E-state index contributed by atoms with van der Waals surface area (Å²) in [4.78, 5) is 11.1. The quantitative estimate of drug-likeness (QED) is 0.781. The standard InChI is InChI=1S/C11H15ClN2O4S/c1-9(10-5-3-2-4-6-10)13-19(16,17)14-11(15)18-8-7-12/h2-6,9,13H,7-8H2,1H3,(H,14,15). The maximum Gasteiger partial charge on any atom is 0.421 e. The maximum absolute atomic E-state index is 11.6. The number of hydrogen-bond donors (Lipinski definition) is 2. The van der Waals surface area contributed by atoms with Crippen LogP contribution in [0.25, 0.3) is 0 Å². The molecule has 1 aromatic carbocycles. The van der Waals surface area contributed by atoms with Gasteiger partial charge in [0.05, 0.1) is 5.88 Å². The number of hydrogen-bond acceptors (Lipinski definition) is 4. The van der Waals surface area contributed by atoms with E-state index < -0.39 is 22.3 Å². The van der Waals surface area contributed by atoms with E-state index in [1.165, 1.54) is 0 Å². The predicted octanol–water partition coefficient (Wildman–Crippen LogP) is 1.55. The number of carbonyl (C=O) groups excluding carboxylic acids is 1. The largest absolute Gasteiger partial charge is 0.448 e. The van der Waals surface area contributed by atoms with Crippen LogP contribution in [0.3, 0.4) is 0 Å². The fourth-order valence-corrected chi connectivity index (χ4v) is 2.36. The van der Waals surface area contributed by atoms with Crippen molar-refractivity contribution in [3.63, 3.8) is 0 Å². The normalized spacial score (nSPS) is 12.7. The van der Waals surface area contributed by atoms with E-state index in [1.54, 1.807) is 35.9 Å². The van der Waals surface area contributed by atoms with Gasteiger partial charge in [0.15, 0.2) is 0 Å². The third kappa shape index (κ3) is 5.91. The summed E-state index contributed by atoms with van der Waals surface area (Å²) in [5.74, 6) is 0.0985. The molecule has 1 atom stereocenters. The summed E-state index contributed by atoms with van der Waals surface area (Å²) < 4.78 is 31.8. The van der Waals surface area contributed by atoms with Crippen LogP contribution in [-0.2, 0) is 14.9 Å². The molecule has 8 heteroatoms. The number of nitrogens with one attached hydrogen (secondary N) is 2. The van der Waals surface area contributed by atoms with Crippen molar-refractivity contribution in [1.82, 2.24) is 9.44 Å². The molecule has 0 aromatic heterocycles. The SMILES string of the molecule is CC(NS(=O)(=O)NC(=O)OCCCl)c1ccccc1. The first-order valence-electron chi connectivity index (χ1n) is 5.52. The van der Waals surface area contributed by atoms with Crippen LogP contribution in [-0.4, -0.2) is 27.0 Å². The van der Waals surface area contributed by atoms with Crippen molar-refractivity contribution in [2.24, 2.45) is 0 Å². The lowest BCUT2D eigenvalue weighted by Crippen LogP contribution is -2.41. The molecular formula is C11H15ClN2O4S. The van der Waals surface area contributed by atoms with E-state index in [0.717, 1.165) is 5.56 Å². The van der Waals surface area contributed by atoms with Gasteiger partial charge in [0.25, 0.3) is 0 Å². The molecule has 0 aliphatic carbocycles. The zero-order chi connectivity index (χ0) is 14.3. The van der Waals surface area contributed by atoms with Gasteiger partial charge < -0.3 is 4.74 Å². The molecule has 0 aliphatic heterocycles. The van der Waals surface area contributed by atoms with Gasteiger partial charge in [0.2, 0.25) is 0 Å². The van der Waals surface area contributed by atoms with Gasteiger partial charge in [-0.3, -0.25) is 0 Å². The Morgan fingerprint density at radius 2 is 2.00 bits per heavy atom. The number of benzene rings is 1. The number of halogens is 1. The number of ether oxygens (including phenoxy) is 1. The molecule has 0 aliphatic rings. The molecule has 0 saturated heterocycles. The van der Waals surface area contributed by atoms with Crippen molar-refractivity contribution in [2.75, 3.05) is 12.5 Å². The third-order valence-electron chi connectivity index (χ3n) is 2.16. The van der Waals surface area contributed by atoms with E-state index in [2.05, 4.69) is 9.46 Å². The highest BCUT2D eigenvalue weighted by molar-refractivity contribution is 7.88. The van der Waals surface area contributed by atoms with Crippen LogP contribution in [0.15, 0.2) is 30.3 Å². The molecular weight excluding hydrogens is 292 g/mol. The molecule has 0 heterocycles. The van der Waals surface area contributed by atoms with Gasteiger partial charge >= 0.3 is 16.3 Å². The lowest BCUT2D eigenvalue weighted by Gasteiger charge is -2.14. The van der Waals surface area contributed by atoms with Gasteiger partial charge in [-0.2, -0.15) is 13.1 Å². The number of alkyl halides is 1. The van der Waals surface area contributed by atoms with Crippen molar-refractivity contribution in [2.45, 2.75) is 13.0 Å². The van der Waals surface area contributed by atoms with E-state index in [4.69, 9.17) is 11.6 Å². The van der Waals surface area contributed by atoms with E-state index >= 15 is 0 Å². The first-order valence-corrected chi connectivity index (χ1v) is 7.54. The minimum absolute atomic E-state index is 0.0584. The molecule has 0 spiro atoms. The van der Waals surface area contributed by atoms with Crippen LogP contribution < -0.4 is 9.44 Å². The number of carbonyl (C=O) groups is 1. The van der Waals surface area contributed by atoms with Crippen LogP contribution in [0, 0.1) is 0 Å². The van der Waals surface area contributed by atoms with E-state index in [0.29, 0.717) is 0 Å². The Morgan fingerprint density at radius 1 is 1.37 bits per heavy atom. The van der Waals surface area contributed by atoms with Gasteiger partial charge in [0.1, 0.15) is 6.61 Å². The fraction of sp³-hybridized carbons (Fsp3) is 0.364.